The predicted octanol–water partition coefficient (Wildman–Crippen LogP) is 3.79. The molecule has 0 saturated heterocycles. The number of hydrogen-bond acceptors (Lipinski definition) is 3. The van der Waals surface area contributed by atoms with Gasteiger partial charge in [-0.15, -0.1) is 0 Å². The van der Waals surface area contributed by atoms with Gasteiger partial charge in [-0.3, -0.25) is 0 Å². The van der Waals surface area contributed by atoms with Crippen LogP contribution in [-0.2, 0) is 0 Å². The highest BCUT2D eigenvalue weighted by molar-refractivity contribution is 5.43. The highest BCUT2D eigenvalue weighted by Crippen LogP contribution is 2.35. The molecule has 20 heavy (non-hydrogen) atoms. The fraction of sp³-hybridized carbons (Fsp3) is 0.647. The molecule has 0 saturated carbocycles. The summed E-state index contributed by atoms with van der Waals surface area (Å²) in [6, 6.07) is 6.41. The summed E-state index contributed by atoms with van der Waals surface area (Å²) in [6.45, 7) is 11.0. The molecule has 0 spiro atoms. The number of fused-ring (bicyclic) bond motifs is 1. The maximum atomic E-state index is 5.74. The van der Waals surface area contributed by atoms with Crippen LogP contribution in [0.5, 0.6) is 11.5 Å². The number of benzene rings is 1. The van der Waals surface area contributed by atoms with Crippen LogP contribution >= 0.6 is 0 Å². The zero-order chi connectivity index (χ0) is 14.8. The first-order valence-corrected chi connectivity index (χ1v) is 7.48. The second-order valence-corrected chi connectivity index (χ2v) is 6.62. The highest BCUT2D eigenvalue weighted by Gasteiger charge is 2.26. The summed E-state index contributed by atoms with van der Waals surface area (Å²) in [4.78, 5) is 0. The maximum Gasteiger partial charge on any atom is 0.124 e. The van der Waals surface area contributed by atoms with Crippen LogP contribution < -0.4 is 14.8 Å². The molecule has 0 fully saturated rings. The van der Waals surface area contributed by atoms with Gasteiger partial charge in [0, 0.05) is 24.6 Å². The Balaban J connectivity index is 2.12. The van der Waals surface area contributed by atoms with Gasteiger partial charge in [-0.05, 0) is 29.5 Å². The molecule has 1 atom stereocenters. The average Bonchev–Trinajstić information content (AvgIpc) is 2.44. The first-order chi connectivity index (χ1) is 9.44. The maximum absolute atomic E-state index is 5.74. The molecule has 0 amide bonds. The van der Waals surface area contributed by atoms with Crippen molar-refractivity contribution in [3.8, 4) is 11.5 Å². The number of rotatable bonds is 5. The van der Waals surface area contributed by atoms with Crippen LogP contribution in [0.1, 0.15) is 45.7 Å². The van der Waals surface area contributed by atoms with Gasteiger partial charge in [0.1, 0.15) is 11.5 Å². The third-order valence-electron chi connectivity index (χ3n) is 4.62. The quantitative estimate of drug-likeness (QED) is 0.888. The van der Waals surface area contributed by atoms with Crippen LogP contribution in [0.15, 0.2) is 18.2 Å². The van der Waals surface area contributed by atoms with E-state index in [1.807, 2.05) is 12.1 Å². The Kier molecular flexibility index (Phi) is 4.59. The molecular formula is C17H27NO2. The van der Waals surface area contributed by atoms with Gasteiger partial charge in [0.05, 0.1) is 13.7 Å². The second-order valence-electron chi connectivity index (χ2n) is 6.62. The minimum absolute atomic E-state index is 0.289. The molecule has 1 aliphatic heterocycles. The smallest absolute Gasteiger partial charge is 0.124 e. The van der Waals surface area contributed by atoms with Crippen LogP contribution in [0.2, 0.25) is 0 Å². The Morgan fingerprint density at radius 2 is 2.15 bits per heavy atom. The third kappa shape index (κ3) is 3.26. The highest BCUT2D eigenvalue weighted by atomic mass is 16.5. The summed E-state index contributed by atoms with van der Waals surface area (Å²) in [7, 11) is 1.70. The van der Waals surface area contributed by atoms with E-state index >= 15 is 0 Å². The van der Waals surface area contributed by atoms with Crippen molar-refractivity contribution < 1.29 is 9.47 Å². The van der Waals surface area contributed by atoms with Gasteiger partial charge in [-0.2, -0.15) is 0 Å². The van der Waals surface area contributed by atoms with Crippen molar-refractivity contribution in [3.63, 3.8) is 0 Å². The SMILES string of the molecule is COc1ccc2c(c1)C(NCC(C)(C)C(C)C)CCO2. The average molecular weight is 277 g/mol. The van der Waals surface area contributed by atoms with Gasteiger partial charge in [0.15, 0.2) is 0 Å². The monoisotopic (exact) mass is 277 g/mol. The number of ether oxygens (including phenoxy) is 2. The van der Waals surface area contributed by atoms with Crippen molar-refractivity contribution in [3.05, 3.63) is 23.8 Å². The van der Waals surface area contributed by atoms with E-state index in [-0.39, 0.29) is 5.41 Å². The van der Waals surface area contributed by atoms with Crippen LogP contribution in [0.4, 0.5) is 0 Å². The molecule has 1 aliphatic rings. The lowest BCUT2D eigenvalue weighted by atomic mass is 9.81. The van der Waals surface area contributed by atoms with Crippen LogP contribution in [0.25, 0.3) is 0 Å². The molecule has 1 aromatic rings. The van der Waals surface area contributed by atoms with Crippen molar-refractivity contribution in [1.29, 1.82) is 0 Å². The Bertz CT molecular complexity index is 454. The first-order valence-electron chi connectivity index (χ1n) is 7.48. The predicted molar refractivity (Wildman–Crippen MR) is 82.5 cm³/mol. The summed E-state index contributed by atoms with van der Waals surface area (Å²) < 4.78 is 11.1. The zero-order valence-corrected chi connectivity index (χ0v) is 13.3. The molecule has 3 nitrogen and oxygen atoms in total. The molecule has 1 N–H and O–H groups in total. The van der Waals surface area contributed by atoms with Crippen LogP contribution in [0, 0.1) is 11.3 Å². The molecule has 1 aromatic carbocycles. The van der Waals surface area contributed by atoms with Gasteiger partial charge < -0.3 is 14.8 Å². The lowest BCUT2D eigenvalue weighted by Gasteiger charge is -2.34. The van der Waals surface area contributed by atoms with Crippen molar-refractivity contribution in [2.45, 2.75) is 40.2 Å². The van der Waals surface area contributed by atoms with Crippen LogP contribution in [-0.4, -0.2) is 20.3 Å². The minimum Gasteiger partial charge on any atom is -0.497 e. The summed E-state index contributed by atoms with van der Waals surface area (Å²) in [5.41, 5.74) is 1.51. The fourth-order valence-electron chi connectivity index (χ4n) is 2.30. The Hall–Kier alpha value is -1.22. The van der Waals surface area contributed by atoms with E-state index in [4.69, 9.17) is 9.47 Å². The van der Waals surface area contributed by atoms with Crippen molar-refractivity contribution in [2.75, 3.05) is 20.3 Å². The molecule has 3 heteroatoms. The second kappa shape index (κ2) is 6.04. The Morgan fingerprint density at radius 3 is 2.80 bits per heavy atom. The number of hydrogen-bond donors (Lipinski definition) is 1. The van der Waals surface area contributed by atoms with Gasteiger partial charge in [0.2, 0.25) is 0 Å². The van der Waals surface area contributed by atoms with E-state index in [9.17, 15) is 0 Å². The van der Waals surface area contributed by atoms with E-state index in [2.05, 4.69) is 39.1 Å². The molecule has 0 bridgehead atoms. The third-order valence-corrected chi connectivity index (χ3v) is 4.62. The number of methoxy groups -OCH3 is 1. The standard InChI is InChI=1S/C17H27NO2/c1-12(2)17(3,4)11-18-15-8-9-20-16-7-6-13(19-5)10-14(15)16/h6-7,10,12,15,18H,8-9,11H2,1-5H3. The summed E-state index contributed by atoms with van der Waals surface area (Å²) in [5.74, 6) is 2.53. The molecule has 2 rings (SSSR count). The lowest BCUT2D eigenvalue weighted by Crippen LogP contribution is -2.37. The minimum atomic E-state index is 0.289. The molecular weight excluding hydrogens is 250 g/mol. The Morgan fingerprint density at radius 1 is 1.40 bits per heavy atom. The van der Waals surface area contributed by atoms with E-state index in [0.717, 1.165) is 31.1 Å². The van der Waals surface area contributed by atoms with Crippen molar-refractivity contribution in [2.24, 2.45) is 11.3 Å². The molecule has 0 aliphatic carbocycles. The molecule has 112 valence electrons. The van der Waals surface area contributed by atoms with Gasteiger partial charge in [-0.25, -0.2) is 0 Å². The zero-order valence-electron chi connectivity index (χ0n) is 13.3. The van der Waals surface area contributed by atoms with Gasteiger partial charge in [0.25, 0.3) is 0 Å². The van der Waals surface area contributed by atoms with Gasteiger partial charge >= 0.3 is 0 Å². The molecule has 1 unspecified atom stereocenters. The van der Waals surface area contributed by atoms with E-state index < -0.39 is 0 Å². The summed E-state index contributed by atoms with van der Waals surface area (Å²) in [5, 5.41) is 3.72. The lowest BCUT2D eigenvalue weighted by molar-refractivity contribution is 0.203. The van der Waals surface area contributed by atoms with Crippen molar-refractivity contribution in [1.82, 2.24) is 5.32 Å². The Labute approximate surface area is 122 Å². The van der Waals surface area contributed by atoms with Gasteiger partial charge in [-0.1, -0.05) is 27.7 Å². The van der Waals surface area contributed by atoms with E-state index in [0.29, 0.717) is 12.0 Å². The fourth-order valence-corrected chi connectivity index (χ4v) is 2.30. The van der Waals surface area contributed by atoms with E-state index in [1.54, 1.807) is 7.11 Å². The van der Waals surface area contributed by atoms with Crippen LogP contribution in [0.3, 0.4) is 0 Å². The van der Waals surface area contributed by atoms with E-state index in [1.165, 1.54) is 5.56 Å². The largest absolute Gasteiger partial charge is 0.497 e. The summed E-state index contributed by atoms with van der Waals surface area (Å²) >= 11 is 0. The summed E-state index contributed by atoms with van der Waals surface area (Å²) in [6.07, 6.45) is 1.01. The topological polar surface area (TPSA) is 30.5 Å². The molecule has 1 heterocycles. The molecule has 0 radical (unpaired) electrons. The number of nitrogens with one attached hydrogen (secondary N) is 1. The normalized spacial score (nSPS) is 18.6. The van der Waals surface area contributed by atoms with Crippen molar-refractivity contribution >= 4 is 0 Å². The first kappa shape index (κ1) is 15.2. The molecule has 0 aromatic heterocycles.